The molecule has 0 fully saturated rings. The largest absolute Gasteiger partial charge is 0.495 e. The summed E-state index contributed by atoms with van der Waals surface area (Å²) in [6.07, 6.45) is 3.31. The lowest BCUT2D eigenvalue weighted by atomic mass is 10.1. The van der Waals surface area contributed by atoms with Gasteiger partial charge in [0.2, 0.25) is 0 Å². The third-order valence-corrected chi connectivity index (χ3v) is 4.40. The lowest BCUT2D eigenvalue weighted by Gasteiger charge is -2.09. The Bertz CT molecular complexity index is 935. The molecule has 3 aromatic rings. The average molecular weight is 397 g/mol. The fourth-order valence-electron chi connectivity index (χ4n) is 2.67. The Morgan fingerprint density at radius 1 is 1.11 bits per heavy atom. The third kappa shape index (κ3) is 5.44. The van der Waals surface area contributed by atoms with Gasteiger partial charge < -0.3 is 15.4 Å². The molecular formula is C21H21ClN4O2. The molecule has 0 atom stereocenters. The van der Waals surface area contributed by atoms with Gasteiger partial charge in [0.05, 0.1) is 12.1 Å². The van der Waals surface area contributed by atoms with Crippen molar-refractivity contribution in [3.8, 4) is 5.75 Å². The Morgan fingerprint density at radius 2 is 1.93 bits per heavy atom. The first-order valence-corrected chi connectivity index (χ1v) is 9.28. The summed E-state index contributed by atoms with van der Waals surface area (Å²) in [7, 11) is 1.54. The van der Waals surface area contributed by atoms with Crippen LogP contribution < -0.4 is 15.4 Å². The Kier molecular flexibility index (Phi) is 6.81. The standard InChI is InChI=1S/C21H21ClN4O2/c1-28-19-10-9-16(12-17(19)22)26-21(27)18-13-20(25-14-24-18)23-11-5-8-15-6-3-2-4-7-15/h2-4,6-7,9-10,12-14H,5,8,11H2,1H3,(H,26,27)(H,23,24,25). The second-order valence-corrected chi connectivity index (χ2v) is 6.52. The molecule has 0 spiro atoms. The molecule has 1 amide bonds. The quantitative estimate of drug-likeness (QED) is 0.550. The maximum atomic E-state index is 12.4. The van der Waals surface area contributed by atoms with Crippen LogP contribution >= 0.6 is 11.6 Å². The number of rotatable bonds is 8. The summed E-state index contributed by atoms with van der Waals surface area (Å²) < 4.78 is 5.11. The molecule has 2 aromatic carbocycles. The van der Waals surface area contributed by atoms with Crippen LogP contribution in [-0.2, 0) is 6.42 Å². The molecule has 28 heavy (non-hydrogen) atoms. The number of nitrogens with one attached hydrogen (secondary N) is 2. The molecule has 3 rings (SSSR count). The molecular weight excluding hydrogens is 376 g/mol. The number of benzene rings is 2. The monoisotopic (exact) mass is 396 g/mol. The van der Waals surface area contributed by atoms with E-state index in [4.69, 9.17) is 16.3 Å². The first kappa shape index (κ1) is 19.6. The van der Waals surface area contributed by atoms with E-state index in [1.54, 1.807) is 24.3 Å². The normalized spacial score (nSPS) is 10.4. The minimum Gasteiger partial charge on any atom is -0.495 e. The van der Waals surface area contributed by atoms with Crippen molar-refractivity contribution < 1.29 is 9.53 Å². The lowest BCUT2D eigenvalue weighted by Crippen LogP contribution is -2.15. The van der Waals surface area contributed by atoms with Gasteiger partial charge in [0.1, 0.15) is 23.6 Å². The van der Waals surface area contributed by atoms with E-state index in [1.807, 2.05) is 18.2 Å². The predicted molar refractivity (Wildman–Crippen MR) is 111 cm³/mol. The van der Waals surface area contributed by atoms with Gasteiger partial charge in [-0.05, 0) is 36.6 Å². The van der Waals surface area contributed by atoms with Crippen LogP contribution in [0.4, 0.5) is 11.5 Å². The number of aryl methyl sites for hydroxylation is 1. The highest BCUT2D eigenvalue weighted by molar-refractivity contribution is 6.32. The SMILES string of the molecule is COc1ccc(NC(=O)c2cc(NCCCc3ccccc3)ncn2)cc1Cl. The number of methoxy groups -OCH3 is 1. The molecule has 1 aromatic heterocycles. The van der Waals surface area contributed by atoms with Crippen molar-refractivity contribution >= 4 is 29.0 Å². The average Bonchev–Trinajstić information content (AvgIpc) is 2.72. The van der Waals surface area contributed by atoms with Crippen molar-refractivity contribution in [1.29, 1.82) is 0 Å². The van der Waals surface area contributed by atoms with E-state index in [0.717, 1.165) is 19.4 Å². The third-order valence-electron chi connectivity index (χ3n) is 4.10. The summed E-state index contributed by atoms with van der Waals surface area (Å²) in [6, 6.07) is 17.0. The summed E-state index contributed by atoms with van der Waals surface area (Å²) in [6.45, 7) is 0.751. The van der Waals surface area contributed by atoms with E-state index in [0.29, 0.717) is 22.3 Å². The van der Waals surface area contributed by atoms with Crippen molar-refractivity contribution in [3.05, 3.63) is 77.2 Å². The maximum absolute atomic E-state index is 12.4. The van der Waals surface area contributed by atoms with Crippen molar-refractivity contribution in [3.63, 3.8) is 0 Å². The lowest BCUT2D eigenvalue weighted by molar-refractivity contribution is 0.102. The van der Waals surface area contributed by atoms with Crippen LogP contribution in [-0.4, -0.2) is 29.5 Å². The Morgan fingerprint density at radius 3 is 2.68 bits per heavy atom. The van der Waals surface area contributed by atoms with Crippen molar-refractivity contribution in [2.24, 2.45) is 0 Å². The molecule has 0 unspecified atom stereocenters. The highest BCUT2D eigenvalue weighted by Crippen LogP contribution is 2.27. The minimum atomic E-state index is -0.337. The zero-order valence-electron chi connectivity index (χ0n) is 15.5. The topological polar surface area (TPSA) is 76.1 Å². The first-order chi connectivity index (χ1) is 13.7. The number of hydrogen-bond acceptors (Lipinski definition) is 5. The van der Waals surface area contributed by atoms with Crippen LogP contribution in [0.2, 0.25) is 5.02 Å². The fourth-order valence-corrected chi connectivity index (χ4v) is 2.93. The van der Waals surface area contributed by atoms with Gasteiger partial charge in [0.15, 0.2) is 0 Å². The van der Waals surface area contributed by atoms with Gasteiger partial charge in [-0.2, -0.15) is 0 Å². The van der Waals surface area contributed by atoms with Crippen LogP contribution in [0.25, 0.3) is 0 Å². The molecule has 1 heterocycles. The van der Waals surface area contributed by atoms with Gasteiger partial charge in [-0.15, -0.1) is 0 Å². The van der Waals surface area contributed by atoms with Gasteiger partial charge in [-0.25, -0.2) is 9.97 Å². The minimum absolute atomic E-state index is 0.271. The number of ether oxygens (including phenoxy) is 1. The summed E-state index contributed by atoms with van der Waals surface area (Å²) in [5, 5.41) is 6.42. The number of aromatic nitrogens is 2. The Hall–Kier alpha value is -3.12. The number of carbonyl (C=O) groups excluding carboxylic acids is 1. The van der Waals surface area contributed by atoms with Gasteiger partial charge in [-0.1, -0.05) is 41.9 Å². The van der Waals surface area contributed by atoms with Crippen LogP contribution in [0, 0.1) is 0 Å². The summed E-state index contributed by atoms with van der Waals surface area (Å²) in [5.41, 5.74) is 2.13. The maximum Gasteiger partial charge on any atom is 0.274 e. The van der Waals surface area contributed by atoms with E-state index in [2.05, 4.69) is 32.7 Å². The molecule has 0 bridgehead atoms. The molecule has 0 aliphatic rings. The first-order valence-electron chi connectivity index (χ1n) is 8.90. The summed E-state index contributed by atoms with van der Waals surface area (Å²) in [5.74, 6) is 0.820. The van der Waals surface area contributed by atoms with E-state index < -0.39 is 0 Å². The number of halogens is 1. The summed E-state index contributed by atoms with van der Waals surface area (Å²) >= 11 is 6.09. The van der Waals surface area contributed by atoms with Crippen LogP contribution in [0.1, 0.15) is 22.5 Å². The van der Waals surface area contributed by atoms with Gasteiger partial charge >= 0.3 is 0 Å². The van der Waals surface area contributed by atoms with Crippen molar-refractivity contribution in [1.82, 2.24) is 9.97 Å². The van der Waals surface area contributed by atoms with E-state index in [1.165, 1.54) is 19.0 Å². The van der Waals surface area contributed by atoms with Gasteiger partial charge in [-0.3, -0.25) is 4.79 Å². The molecule has 144 valence electrons. The number of anilines is 2. The van der Waals surface area contributed by atoms with E-state index in [-0.39, 0.29) is 11.6 Å². The fraction of sp³-hybridized carbons (Fsp3) is 0.190. The molecule has 0 saturated heterocycles. The molecule has 0 radical (unpaired) electrons. The number of nitrogens with zero attached hydrogens (tertiary/aromatic N) is 2. The molecule has 0 saturated carbocycles. The van der Waals surface area contributed by atoms with Crippen LogP contribution in [0.3, 0.4) is 0 Å². The van der Waals surface area contributed by atoms with E-state index >= 15 is 0 Å². The van der Waals surface area contributed by atoms with E-state index in [9.17, 15) is 4.79 Å². The smallest absolute Gasteiger partial charge is 0.274 e. The molecule has 2 N–H and O–H groups in total. The molecule has 6 nitrogen and oxygen atoms in total. The Labute approximate surface area is 168 Å². The van der Waals surface area contributed by atoms with Crippen molar-refractivity contribution in [2.75, 3.05) is 24.3 Å². The Balaban J connectivity index is 1.54. The van der Waals surface area contributed by atoms with Crippen molar-refractivity contribution in [2.45, 2.75) is 12.8 Å². The second-order valence-electron chi connectivity index (χ2n) is 6.11. The zero-order chi connectivity index (χ0) is 19.8. The highest BCUT2D eigenvalue weighted by atomic mass is 35.5. The zero-order valence-corrected chi connectivity index (χ0v) is 16.2. The van der Waals surface area contributed by atoms with Gasteiger partial charge in [0, 0.05) is 18.3 Å². The number of carbonyl (C=O) groups is 1. The molecule has 7 heteroatoms. The molecule has 0 aliphatic heterocycles. The predicted octanol–water partition coefficient (Wildman–Crippen LogP) is 4.44. The number of hydrogen-bond donors (Lipinski definition) is 2. The van der Waals surface area contributed by atoms with Gasteiger partial charge in [0.25, 0.3) is 5.91 Å². The second kappa shape index (κ2) is 9.71. The van der Waals surface area contributed by atoms with Crippen LogP contribution in [0.5, 0.6) is 5.75 Å². The van der Waals surface area contributed by atoms with Crippen LogP contribution in [0.15, 0.2) is 60.9 Å². The highest BCUT2D eigenvalue weighted by Gasteiger charge is 2.10. The summed E-state index contributed by atoms with van der Waals surface area (Å²) in [4.78, 5) is 20.7. The number of amides is 1. The molecule has 0 aliphatic carbocycles.